The monoisotopic (exact) mass is 928 g/mol. The lowest BCUT2D eigenvalue weighted by atomic mass is 10.0. The van der Waals surface area contributed by atoms with Gasteiger partial charge in [0.1, 0.15) is 19.8 Å². The highest BCUT2D eigenvalue weighted by Gasteiger charge is 2.21. The third kappa shape index (κ3) is 50.2. The maximum atomic E-state index is 12.7. The minimum atomic E-state index is -4.63. The Labute approximate surface area is 396 Å². The molecule has 10 heteroatoms. The molecule has 0 aliphatic rings. The number of nitrogens with zero attached hydrogens (tertiary/aromatic N) is 1. The van der Waals surface area contributed by atoms with Crippen molar-refractivity contribution in [3.8, 4) is 0 Å². The van der Waals surface area contributed by atoms with Gasteiger partial charge in [0.05, 0.1) is 27.7 Å². The van der Waals surface area contributed by atoms with Gasteiger partial charge in [-0.05, 0) is 38.5 Å². The molecule has 0 aliphatic heterocycles. The van der Waals surface area contributed by atoms with Crippen molar-refractivity contribution < 1.29 is 42.1 Å². The molecule has 0 N–H and O–H groups in total. The third-order valence-corrected chi connectivity index (χ3v) is 13.2. The number of likely N-dealkylation sites (N-methyl/N-ethyl adjacent to an activating group) is 1. The number of ether oxygens (including phenoxy) is 2. The summed E-state index contributed by atoms with van der Waals surface area (Å²) in [5, 5.41) is 0. The highest BCUT2D eigenvalue weighted by molar-refractivity contribution is 7.45. The van der Waals surface area contributed by atoms with E-state index < -0.39 is 26.5 Å². The van der Waals surface area contributed by atoms with Crippen LogP contribution in [0.2, 0.25) is 0 Å². The lowest BCUT2D eigenvalue weighted by Crippen LogP contribution is -2.37. The number of phosphoric ester groups is 1. The summed E-state index contributed by atoms with van der Waals surface area (Å²) in [5.41, 5.74) is 0. The van der Waals surface area contributed by atoms with Gasteiger partial charge in [-0.15, -0.1) is 0 Å². The van der Waals surface area contributed by atoms with E-state index in [0.717, 1.165) is 51.4 Å². The molecule has 0 saturated carbocycles. The Morgan fingerprint density at radius 3 is 1.17 bits per heavy atom. The van der Waals surface area contributed by atoms with Gasteiger partial charge in [-0.1, -0.05) is 231 Å². The zero-order valence-corrected chi connectivity index (χ0v) is 43.9. The first kappa shape index (κ1) is 62.8. The second-order valence-electron chi connectivity index (χ2n) is 20.0. The summed E-state index contributed by atoms with van der Waals surface area (Å²) in [7, 11) is 1.17. The number of phosphoric acid groups is 1. The number of quaternary nitrogens is 1. The zero-order valence-electron chi connectivity index (χ0n) is 43.0. The Morgan fingerprint density at radius 2 is 0.797 bits per heavy atom. The van der Waals surface area contributed by atoms with E-state index in [0.29, 0.717) is 17.4 Å². The number of carbonyl (C=O) groups is 2. The average molecular weight is 928 g/mol. The molecule has 2 unspecified atom stereocenters. The summed E-state index contributed by atoms with van der Waals surface area (Å²) in [6.45, 7) is 4.25. The molecule has 0 heterocycles. The van der Waals surface area contributed by atoms with Crippen molar-refractivity contribution in [1.82, 2.24) is 0 Å². The van der Waals surface area contributed by atoms with Crippen LogP contribution >= 0.6 is 7.82 Å². The maximum absolute atomic E-state index is 12.7. The number of hydrogen-bond acceptors (Lipinski definition) is 8. The van der Waals surface area contributed by atoms with Crippen molar-refractivity contribution >= 4 is 19.8 Å². The highest BCUT2D eigenvalue weighted by Crippen LogP contribution is 2.38. The molecule has 0 fully saturated rings. The molecule has 0 amide bonds. The summed E-state index contributed by atoms with van der Waals surface area (Å²) in [4.78, 5) is 37.7. The first-order valence-corrected chi connectivity index (χ1v) is 28.9. The minimum absolute atomic E-state index is 0.0291. The average Bonchev–Trinajstić information content (AvgIpc) is 3.25. The van der Waals surface area contributed by atoms with Crippen molar-refractivity contribution in [2.45, 2.75) is 277 Å². The fourth-order valence-electron chi connectivity index (χ4n) is 8.01. The van der Waals surface area contributed by atoms with Gasteiger partial charge in [-0.3, -0.25) is 14.2 Å². The third-order valence-electron chi connectivity index (χ3n) is 12.3. The Balaban J connectivity index is 4.04. The van der Waals surface area contributed by atoms with Crippen molar-refractivity contribution in [3.63, 3.8) is 0 Å². The molecule has 0 spiro atoms. The summed E-state index contributed by atoms with van der Waals surface area (Å²) < 4.78 is 34.0. The molecule has 380 valence electrons. The molecule has 0 saturated heterocycles. The Kier molecular flexibility index (Phi) is 45.9. The lowest BCUT2D eigenvalue weighted by molar-refractivity contribution is -0.870. The molecule has 9 nitrogen and oxygen atoms in total. The summed E-state index contributed by atoms with van der Waals surface area (Å²) in [6.07, 6.45) is 52.7. The number of rotatable bonds is 51. The zero-order chi connectivity index (χ0) is 47.1. The van der Waals surface area contributed by atoms with Gasteiger partial charge in [-0.2, -0.15) is 0 Å². The van der Waals surface area contributed by atoms with Gasteiger partial charge >= 0.3 is 11.9 Å². The predicted octanol–water partition coefficient (Wildman–Crippen LogP) is 15.8. The number of hydrogen-bond donors (Lipinski definition) is 0. The topological polar surface area (TPSA) is 111 Å². The van der Waals surface area contributed by atoms with E-state index in [-0.39, 0.29) is 32.0 Å². The van der Waals surface area contributed by atoms with Gasteiger partial charge in [0.15, 0.2) is 6.10 Å². The van der Waals surface area contributed by atoms with Crippen LogP contribution in [-0.2, 0) is 32.7 Å². The molecule has 2 atom stereocenters. The first-order valence-electron chi connectivity index (χ1n) is 27.4. The number of esters is 2. The standard InChI is InChI=1S/C54H106NO8P/c1-6-8-10-12-14-16-18-20-21-22-23-24-25-26-27-28-29-30-31-32-33-35-36-38-40-42-44-46-53(56)60-50-52(51-62-64(58,59)61-49-48-55(3,4)5)63-54(57)47-45-43-41-39-37-34-19-17-15-13-11-9-7-2/h17,19,52H,6-16,18,20-51H2,1-5H3/b19-17-. The molecular weight excluding hydrogens is 822 g/mol. The van der Waals surface area contributed by atoms with E-state index in [9.17, 15) is 19.0 Å². The van der Waals surface area contributed by atoms with Gasteiger partial charge in [0, 0.05) is 12.8 Å². The summed E-state index contributed by atoms with van der Waals surface area (Å²) in [6, 6.07) is 0. The van der Waals surface area contributed by atoms with Crippen molar-refractivity contribution in [2.75, 3.05) is 47.5 Å². The minimum Gasteiger partial charge on any atom is -0.756 e. The molecule has 0 aromatic heterocycles. The van der Waals surface area contributed by atoms with Crippen LogP contribution in [0.5, 0.6) is 0 Å². The Hall–Kier alpha value is -1.25. The van der Waals surface area contributed by atoms with Gasteiger partial charge < -0.3 is 27.9 Å². The van der Waals surface area contributed by atoms with E-state index in [1.54, 1.807) is 0 Å². The molecule has 64 heavy (non-hydrogen) atoms. The van der Waals surface area contributed by atoms with Crippen LogP contribution in [0.4, 0.5) is 0 Å². The summed E-state index contributed by atoms with van der Waals surface area (Å²) in [5.74, 6) is -0.829. The van der Waals surface area contributed by atoms with Crippen molar-refractivity contribution in [2.24, 2.45) is 0 Å². The molecule has 0 rings (SSSR count). The number of allylic oxidation sites excluding steroid dienone is 2. The van der Waals surface area contributed by atoms with Crippen LogP contribution in [0.25, 0.3) is 0 Å². The van der Waals surface area contributed by atoms with Crippen molar-refractivity contribution in [1.29, 1.82) is 0 Å². The predicted molar refractivity (Wildman–Crippen MR) is 268 cm³/mol. The largest absolute Gasteiger partial charge is 0.756 e. The first-order chi connectivity index (χ1) is 31.0. The number of carbonyl (C=O) groups excluding carboxylic acids is 2. The Bertz CT molecular complexity index is 1100. The fourth-order valence-corrected chi connectivity index (χ4v) is 8.73. The Morgan fingerprint density at radius 1 is 0.469 bits per heavy atom. The maximum Gasteiger partial charge on any atom is 0.306 e. The van der Waals surface area contributed by atoms with Crippen LogP contribution in [0, 0.1) is 0 Å². The molecule has 0 bridgehead atoms. The summed E-state index contributed by atoms with van der Waals surface area (Å²) >= 11 is 0. The SMILES string of the molecule is CCCCCC/C=C\CCCCCCCC(=O)OC(COC(=O)CCCCCCCCCCCCCCCCCCCCCCCCCCCCC)COP(=O)([O-])OCC[N+](C)(C)C. The van der Waals surface area contributed by atoms with Gasteiger partial charge in [0.25, 0.3) is 7.82 Å². The smallest absolute Gasteiger partial charge is 0.306 e. The van der Waals surface area contributed by atoms with Crippen molar-refractivity contribution in [3.05, 3.63) is 12.2 Å². The van der Waals surface area contributed by atoms with Gasteiger partial charge in [-0.25, -0.2) is 0 Å². The second-order valence-corrected chi connectivity index (χ2v) is 21.4. The quantitative estimate of drug-likeness (QED) is 0.0195. The molecule has 0 aromatic carbocycles. The normalized spacial score (nSPS) is 13.4. The van der Waals surface area contributed by atoms with E-state index in [1.807, 2.05) is 21.1 Å². The molecule has 0 aliphatic carbocycles. The van der Waals surface area contributed by atoms with E-state index in [2.05, 4.69) is 26.0 Å². The lowest BCUT2D eigenvalue weighted by Gasteiger charge is -2.28. The highest BCUT2D eigenvalue weighted by atomic mass is 31.2. The molecule has 0 aromatic rings. The van der Waals surface area contributed by atoms with Crippen LogP contribution in [0.3, 0.4) is 0 Å². The van der Waals surface area contributed by atoms with E-state index in [4.69, 9.17) is 18.5 Å². The van der Waals surface area contributed by atoms with Crippen LogP contribution < -0.4 is 4.89 Å². The fraction of sp³-hybridized carbons (Fsp3) is 0.926. The number of unbranched alkanes of at least 4 members (excludes halogenated alkanes) is 35. The van der Waals surface area contributed by atoms with Gasteiger partial charge in [0.2, 0.25) is 0 Å². The molecular formula is C54H106NO8P. The molecule has 0 radical (unpaired) electrons. The van der Waals surface area contributed by atoms with Crippen LogP contribution in [-0.4, -0.2) is 70.0 Å². The van der Waals surface area contributed by atoms with Crippen LogP contribution in [0.1, 0.15) is 271 Å². The second kappa shape index (κ2) is 46.8. The van der Waals surface area contributed by atoms with E-state index in [1.165, 1.54) is 186 Å². The van der Waals surface area contributed by atoms with E-state index >= 15 is 0 Å². The van der Waals surface area contributed by atoms with Crippen LogP contribution in [0.15, 0.2) is 12.2 Å².